The Bertz CT molecular complexity index is 973. The molecule has 2 aromatic rings. The summed E-state index contributed by atoms with van der Waals surface area (Å²) in [6, 6.07) is 12.9. The average molecular weight is 401 g/mol. The van der Waals surface area contributed by atoms with Gasteiger partial charge in [-0.25, -0.2) is 13.1 Å². The van der Waals surface area contributed by atoms with Crippen LogP contribution in [0.2, 0.25) is 0 Å². The third-order valence-corrected chi connectivity index (χ3v) is 7.96. The highest BCUT2D eigenvalue weighted by Crippen LogP contribution is 2.49. The maximum Gasteiger partial charge on any atom is 0.240 e. The second kappa shape index (κ2) is 7.84. The van der Waals surface area contributed by atoms with Crippen LogP contribution < -0.4 is 10.0 Å². The van der Waals surface area contributed by atoms with Gasteiger partial charge in [-0.3, -0.25) is 4.79 Å². The molecule has 0 radical (unpaired) electrons. The summed E-state index contributed by atoms with van der Waals surface area (Å²) in [5.74, 6) is 2.10. The van der Waals surface area contributed by atoms with Crippen LogP contribution in [-0.4, -0.2) is 26.9 Å². The first-order valence-corrected chi connectivity index (χ1v) is 11.7. The molecule has 2 aliphatic rings. The summed E-state index contributed by atoms with van der Waals surface area (Å²) < 4.78 is 27.6. The van der Waals surface area contributed by atoms with Crippen molar-refractivity contribution >= 4 is 26.7 Å². The van der Waals surface area contributed by atoms with E-state index in [1.165, 1.54) is 25.7 Å². The molecule has 1 amide bonds. The highest BCUT2D eigenvalue weighted by Gasteiger charge is 2.42. The second-order valence-corrected chi connectivity index (χ2v) is 10.1. The molecular weight excluding hydrogens is 372 g/mol. The maximum absolute atomic E-state index is 12.5. The van der Waals surface area contributed by atoms with Crippen molar-refractivity contribution in [1.29, 1.82) is 0 Å². The SMILES string of the molecule is CC(NC(=O)CCNS(=O)(=O)c1ccc2ccccc2c1)C1CC2CCC1C2. The fourth-order valence-corrected chi connectivity index (χ4v) is 6.12. The van der Waals surface area contributed by atoms with E-state index >= 15 is 0 Å². The molecule has 2 aliphatic carbocycles. The van der Waals surface area contributed by atoms with Crippen LogP contribution in [-0.2, 0) is 14.8 Å². The second-order valence-electron chi connectivity index (χ2n) is 8.35. The molecule has 0 heterocycles. The minimum Gasteiger partial charge on any atom is -0.353 e. The number of hydrogen-bond acceptors (Lipinski definition) is 3. The zero-order valence-corrected chi connectivity index (χ0v) is 17.0. The third-order valence-electron chi connectivity index (χ3n) is 6.50. The quantitative estimate of drug-likeness (QED) is 0.747. The topological polar surface area (TPSA) is 75.3 Å². The lowest BCUT2D eigenvalue weighted by atomic mass is 9.84. The smallest absolute Gasteiger partial charge is 0.240 e. The Morgan fingerprint density at radius 2 is 1.89 bits per heavy atom. The Hall–Kier alpha value is -1.92. The van der Waals surface area contributed by atoms with Gasteiger partial charge < -0.3 is 5.32 Å². The van der Waals surface area contributed by atoms with Gasteiger partial charge in [-0.15, -0.1) is 0 Å². The van der Waals surface area contributed by atoms with Crippen LogP contribution in [0.3, 0.4) is 0 Å². The molecule has 2 saturated carbocycles. The minimum absolute atomic E-state index is 0.0866. The number of rotatable bonds is 7. The molecule has 2 aromatic carbocycles. The third kappa shape index (κ3) is 4.08. The van der Waals surface area contributed by atoms with Crippen LogP contribution in [0.5, 0.6) is 0 Å². The number of fused-ring (bicyclic) bond motifs is 3. The average Bonchev–Trinajstić information content (AvgIpc) is 3.31. The van der Waals surface area contributed by atoms with E-state index in [0.717, 1.165) is 22.6 Å². The highest BCUT2D eigenvalue weighted by molar-refractivity contribution is 7.89. The number of carbonyl (C=O) groups is 1. The molecular formula is C22H28N2O3S. The van der Waals surface area contributed by atoms with Crippen molar-refractivity contribution in [3.63, 3.8) is 0 Å². The number of sulfonamides is 1. The van der Waals surface area contributed by atoms with Crippen LogP contribution >= 0.6 is 0 Å². The van der Waals surface area contributed by atoms with Crippen molar-refractivity contribution in [2.45, 2.75) is 50.0 Å². The summed E-state index contributed by atoms with van der Waals surface area (Å²) in [6.07, 6.45) is 5.33. The van der Waals surface area contributed by atoms with Crippen molar-refractivity contribution < 1.29 is 13.2 Å². The molecule has 0 spiro atoms. The monoisotopic (exact) mass is 400 g/mol. The zero-order valence-electron chi connectivity index (χ0n) is 16.2. The van der Waals surface area contributed by atoms with E-state index in [4.69, 9.17) is 0 Å². The molecule has 150 valence electrons. The molecule has 0 saturated heterocycles. The molecule has 4 atom stereocenters. The Morgan fingerprint density at radius 3 is 2.61 bits per heavy atom. The van der Waals surface area contributed by atoms with Crippen molar-refractivity contribution in [3.05, 3.63) is 42.5 Å². The van der Waals surface area contributed by atoms with E-state index in [-0.39, 0.29) is 29.8 Å². The molecule has 2 bridgehead atoms. The van der Waals surface area contributed by atoms with E-state index < -0.39 is 10.0 Å². The van der Waals surface area contributed by atoms with Gasteiger partial charge in [0, 0.05) is 19.0 Å². The first kappa shape index (κ1) is 19.4. The van der Waals surface area contributed by atoms with Crippen molar-refractivity contribution in [2.75, 3.05) is 6.54 Å². The molecule has 5 nitrogen and oxygen atoms in total. The van der Waals surface area contributed by atoms with Gasteiger partial charge in [-0.05, 0) is 66.8 Å². The van der Waals surface area contributed by atoms with Crippen LogP contribution in [0.1, 0.15) is 39.0 Å². The molecule has 2 fully saturated rings. The minimum atomic E-state index is -3.63. The Morgan fingerprint density at radius 1 is 1.11 bits per heavy atom. The summed E-state index contributed by atoms with van der Waals surface area (Å²) >= 11 is 0. The summed E-state index contributed by atoms with van der Waals surface area (Å²) in [5.41, 5.74) is 0. The molecule has 6 heteroatoms. The fraction of sp³-hybridized carbons (Fsp3) is 0.500. The van der Waals surface area contributed by atoms with E-state index in [9.17, 15) is 13.2 Å². The zero-order chi connectivity index (χ0) is 19.7. The van der Waals surface area contributed by atoms with Gasteiger partial charge in [0.05, 0.1) is 4.90 Å². The van der Waals surface area contributed by atoms with Gasteiger partial charge in [-0.1, -0.05) is 36.8 Å². The van der Waals surface area contributed by atoms with Crippen LogP contribution in [0.4, 0.5) is 0 Å². The molecule has 0 aromatic heterocycles. The lowest BCUT2D eigenvalue weighted by Crippen LogP contribution is -2.41. The van der Waals surface area contributed by atoms with E-state index in [2.05, 4.69) is 17.0 Å². The number of hydrogen-bond donors (Lipinski definition) is 2. The largest absolute Gasteiger partial charge is 0.353 e. The Balaban J connectivity index is 1.29. The number of amides is 1. The van der Waals surface area contributed by atoms with Crippen molar-refractivity contribution in [2.24, 2.45) is 17.8 Å². The molecule has 28 heavy (non-hydrogen) atoms. The number of benzene rings is 2. The van der Waals surface area contributed by atoms with Crippen LogP contribution in [0.25, 0.3) is 10.8 Å². The molecule has 4 unspecified atom stereocenters. The van der Waals surface area contributed by atoms with Gasteiger partial charge in [0.1, 0.15) is 0 Å². The summed E-state index contributed by atoms with van der Waals surface area (Å²) in [6.45, 7) is 2.19. The lowest BCUT2D eigenvalue weighted by Gasteiger charge is -2.28. The van der Waals surface area contributed by atoms with Crippen molar-refractivity contribution in [3.8, 4) is 0 Å². The summed E-state index contributed by atoms with van der Waals surface area (Å²) in [5, 5.41) is 4.96. The van der Waals surface area contributed by atoms with E-state index in [1.54, 1.807) is 18.2 Å². The van der Waals surface area contributed by atoms with Crippen molar-refractivity contribution in [1.82, 2.24) is 10.0 Å². The van der Waals surface area contributed by atoms with Crippen LogP contribution in [0, 0.1) is 17.8 Å². The normalized spacial score (nSPS) is 25.1. The summed E-state index contributed by atoms with van der Waals surface area (Å²) in [7, 11) is -3.63. The van der Waals surface area contributed by atoms with Gasteiger partial charge in [0.2, 0.25) is 15.9 Å². The molecule has 2 N–H and O–H groups in total. The Labute approximate surface area is 167 Å². The standard InChI is InChI=1S/C22H28N2O3S/c1-15(21-13-16-6-7-19(21)12-16)24-22(25)10-11-23-28(26,27)20-9-8-17-4-2-3-5-18(17)14-20/h2-5,8-9,14-16,19,21,23H,6-7,10-13H2,1H3,(H,24,25). The predicted molar refractivity (Wildman–Crippen MR) is 110 cm³/mol. The van der Waals surface area contributed by atoms with Gasteiger partial charge in [0.15, 0.2) is 0 Å². The van der Waals surface area contributed by atoms with E-state index in [1.807, 2.05) is 24.3 Å². The predicted octanol–water partition coefficient (Wildman–Crippen LogP) is 3.45. The number of nitrogens with one attached hydrogen (secondary N) is 2. The lowest BCUT2D eigenvalue weighted by molar-refractivity contribution is -0.122. The Kier molecular flexibility index (Phi) is 5.43. The van der Waals surface area contributed by atoms with E-state index in [0.29, 0.717) is 5.92 Å². The maximum atomic E-state index is 12.5. The van der Waals surface area contributed by atoms with Gasteiger partial charge in [0.25, 0.3) is 0 Å². The first-order valence-electron chi connectivity index (χ1n) is 10.2. The van der Waals surface area contributed by atoms with Gasteiger partial charge >= 0.3 is 0 Å². The fourth-order valence-electron chi connectivity index (χ4n) is 5.06. The summed E-state index contributed by atoms with van der Waals surface area (Å²) in [4.78, 5) is 12.5. The van der Waals surface area contributed by atoms with Crippen LogP contribution in [0.15, 0.2) is 47.4 Å². The first-order chi connectivity index (χ1) is 13.4. The molecule has 4 rings (SSSR count). The van der Waals surface area contributed by atoms with Gasteiger partial charge in [-0.2, -0.15) is 0 Å². The molecule has 0 aliphatic heterocycles. The highest BCUT2D eigenvalue weighted by atomic mass is 32.2. The number of carbonyl (C=O) groups excluding carboxylic acids is 1.